The smallest absolute Gasteiger partial charge is 0.243 e. The zero-order chi connectivity index (χ0) is 14.6. The Morgan fingerprint density at radius 1 is 1.37 bits per heavy atom. The van der Waals surface area contributed by atoms with Gasteiger partial charge in [-0.15, -0.1) is 0 Å². The van der Waals surface area contributed by atoms with Gasteiger partial charge in [0.2, 0.25) is 10.0 Å². The zero-order valence-electron chi connectivity index (χ0n) is 11.4. The van der Waals surface area contributed by atoms with Gasteiger partial charge >= 0.3 is 0 Å². The molecule has 0 bridgehead atoms. The minimum absolute atomic E-state index is 0.110. The number of rotatable bonds is 6. The van der Waals surface area contributed by atoms with Gasteiger partial charge in [0.15, 0.2) is 0 Å². The van der Waals surface area contributed by atoms with Gasteiger partial charge in [0, 0.05) is 17.6 Å². The van der Waals surface area contributed by atoms with E-state index in [0.717, 1.165) is 6.42 Å². The van der Waals surface area contributed by atoms with Crippen molar-refractivity contribution < 1.29 is 13.5 Å². The summed E-state index contributed by atoms with van der Waals surface area (Å²) >= 11 is 5.95. The van der Waals surface area contributed by atoms with Crippen LogP contribution in [0.15, 0.2) is 23.1 Å². The largest absolute Gasteiger partial charge is 0.392 e. The lowest BCUT2D eigenvalue weighted by Crippen LogP contribution is -2.37. The topological polar surface area (TPSA) is 57.6 Å². The number of hydrogen-bond acceptors (Lipinski definition) is 3. The van der Waals surface area contributed by atoms with Gasteiger partial charge in [0.25, 0.3) is 0 Å². The van der Waals surface area contributed by atoms with E-state index in [0.29, 0.717) is 12.1 Å². The van der Waals surface area contributed by atoms with Crippen molar-refractivity contribution in [3.05, 3.63) is 28.8 Å². The number of aliphatic hydroxyl groups excluding tert-OH is 1. The lowest BCUT2D eigenvalue weighted by molar-refractivity contribution is 0.282. The fourth-order valence-electron chi connectivity index (χ4n) is 1.83. The number of aliphatic hydroxyl groups is 1. The Morgan fingerprint density at radius 2 is 2.00 bits per heavy atom. The van der Waals surface area contributed by atoms with E-state index in [-0.39, 0.29) is 22.6 Å². The number of benzene rings is 1. The molecule has 1 N–H and O–H groups in total. The summed E-state index contributed by atoms with van der Waals surface area (Å²) in [7, 11) is -3.54. The van der Waals surface area contributed by atoms with E-state index in [4.69, 9.17) is 16.7 Å². The van der Waals surface area contributed by atoms with E-state index < -0.39 is 10.0 Å². The lowest BCUT2D eigenvalue weighted by Gasteiger charge is -2.25. The maximum Gasteiger partial charge on any atom is 0.243 e. The van der Waals surface area contributed by atoms with Crippen molar-refractivity contribution in [3.63, 3.8) is 0 Å². The van der Waals surface area contributed by atoms with Gasteiger partial charge in [-0.1, -0.05) is 24.6 Å². The maximum atomic E-state index is 12.5. The van der Waals surface area contributed by atoms with Gasteiger partial charge in [-0.25, -0.2) is 8.42 Å². The Hall–Kier alpha value is -0.620. The molecular formula is C13H20ClNO3S. The molecule has 1 rings (SSSR count). The SMILES string of the molecule is CCCN(C(C)C)S(=O)(=O)c1ccc(CO)c(Cl)c1. The van der Waals surface area contributed by atoms with Gasteiger partial charge in [0.1, 0.15) is 0 Å². The monoisotopic (exact) mass is 305 g/mol. The second-order valence-corrected chi connectivity index (χ2v) is 6.92. The molecule has 0 aliphatic carbocycles. The molecule has 0 aliphatic rings. The second kappa shape index (κ2) is 6.70. The van der Waals surface area contributed by atoms with Crippen LogP contribution in [0.5, 0.6) is 0 Å². The van der Waals surface area contributed by atoms with E-state index in [9.17, 15) is 8.42 Å². The molecule has 0 spiro atoms. The molecule has 0 aromatic heterocycles. The first-order chi connectivity index (χ1) is 8.84. The summed E-state index contributed by atoms with van der Waals surface area (Å²) in [5.41, 5.74) is 0.521. The third-order valence-electron chi connectivity index (χ3n) is 2.82. The van der Waals surface area contributed by atoms with Crippen LogP contribution in [0.4, 0.5) is 0 Å². The van der Waals surface area contributed by atoms with Crippen molar-refractivity contribution in [2.75, 3.05) is 6.54 Å². The fraction of sp³-hybridized carbons (Fsp3) is 0.538. The van der Waals surface area contributed by atoms with Crippen molar-refractivity contribution in [2.45, 2.75) is 44.7 Å². The van der Waals surface area contributed by atoms with Crippen molar-refractivity contribution in [1.29, 1.82) is 0 Å². The molecule has 1 aromatic rings. The Morgan fingerprint density at radius 3 is 2.42 bits per heavy atom. The van der Waals surface area contributed by atoms with Crippen LogP contribution in [0.25, 0.3) is 0 Å². The van der Waals surface area contributed by atoms with E-state index in [2.05, 4.69) is 0 Å². The normalized spacial score (nSPS) is 12.4. The van der Waals surface area contributed by atoms with Crippen LogP contribution in [0.2, 0.25) is 5.02 Å². The second-order valence-electron chi connectivity index (χ2n) is 4.62. The summed E-state index contributed by atoms with van der Waals surface area (Å²) in [5.74, 6) is 0. The molecule has 0 saturated heterocycles. The number of halogens is 1. The third-order valence-corrected chi connectivity index (χ3v) is 5.24. The van der Waals surface area contributed by atoms with Gasteiger partial charge in [-0.3, -0.25) is 0 Å². The average Bonchev–Trinajstić information content (AvgIpc) is 2.35. The van der Waals surface area contributed by atoms with Crippen molar-refractivity contribution in [2.24, 2.45) is 0 Å². The molecule has 0 unspecified atom stereocenters. The molecule has 0 heterocycles. The van der Waals surface area contributed by atoms with Crippen LogP contribution in [0.3, 0.4) is 0 Å². The van der Waals surface area contributed by atoms with E-state index in [1.165, 1.54) is 16.4 Å². The van der Waals surface area contributed by atoms with Crippen molar-refractivity contribution in [1.82, 2.24) is 4.31 Å². The van der Waals surface area contributed by atoms with Crippen LogP contribution >= 0.6 is 11.6 Å². The highest BCUT2D eigenvalue weighted by Gasteiger charge is 2.26. The predicted octanol–water partition coefficient (Wildman–Crippen LogP) is 2.64. The first-order valence-electron chi connectivity index (χ1n) is 6.25. The van der Waals surface area contributed by atoms with Crippen LogP contribution in [0.1, 0.15) is 32.8 Å². The molecular weight excluding hydrogens is 286 g/mol. The van der Waals surface area contributed by atoms with Crippen molar-refractivity contribution in [3.8, 4) is 0 Å². The minimum Gasteiger partial charge on any atom is -0.392 e. The molecule has 4 nitrogen and oxygen atoms in total. The molecule has 0 amide bonds. The molecule has 1 aromatic carbocycles. The molecule has 0 atom stereocenters. The third kappa shape index (κ3) is 3.69. The van der Waals surface area contributed by atoms with Crippen LogP contribution < -0.4 is 0 Å². The maximum absolute atomic E-state index is 12.5. The first-order valence-corrected chi connectivity index (χ1v) is 8.07. The first kappa shape index (κ1) is 16.4. The summed E-state index contributed by atoms with van der Waals surface area (Å²) < 4.78 is 26.5. The summed E-state index contributed by atoms with van der Waals surface area (Å²) in [6.45, 7) is 5.89. The zero-order valence-corrected chi connectivity index (χ0v) is 13.0. The molecule has 108 valence electrons. The van der Waals surface area contributed by atoms with Gasteiger partial charge in [-0.05, 0) is 38.0 Å². The Balaban J connectivity index is 3.22. The number of hydrogen-bond donors (Lipinski definition) is 1. The highest BCUT2D eigenvalue weighted by atomic mass is 35.5. The van der Waals surface area contributed by atoms with E-state index in [1.54, 1.807) is 6.07 Å². The van der Waals surface area contributed by atoms with E-state index in [1.807, 2.05) is 20.8 Å². The standard InChI is InChI=1S/C13H20ClNO3S/c1-4-7-15(10(2)3)19(17,18)12-6-5-11(9-16)13(14)8-12/h5-6,8,10,16H,4,7,9H2,1-3H3. The minimum atomic E-state index is -3.54. The van der Waals surface area contributed by atoms with Crippen molar-refractivity contribution >= 4 is 21.6 Å². The molecule has 0 fully saturated rings. The van der Waals surface area contributed by atoms with Gasteiger partial charge < -0.3 is 5.11 Å². The molecule has 0 saturated carbocycles. The summed E-state index contributed by atoms with van der Waals surface area (Å²) in [4.78, 5) is 0.164. The van der Waals surface area contributed by atoms with Crippen LogP contribution in [-0.2, 0) is 16.6 Å². The number of sulfonamides is 1. The van der Waals surface area contributed by atoms with Crippen LogP contribution in [0, 0.1) is 0 Å². The highest BCUT2D eigenvalue weighted by molar-refractivity contribution is 7.89. The fourth-order valence-corrected chi connectivity index (χ4v) is 3.89. The number of nitrogens with zero attached hydrogens (tertiary/aromatic N) is 1. The molecule has 19 heavy (non-hydrogen) atoms. The predicted molar refractivity (Wildman–Crippen MR) is 76.7 cm³/mol. The lowest BCUT2D eigenvalue weighted by atomic mass is 10.2. The van der Waals surface area contributed by atoms with Gasteiger partial charge in [-0.2, -0.15) is 4.31 Å². The quantitative estimate of drug-likeness (QED) is 0.879. The average molecular weight is 306 g/mol. The summed E-state index contributed by atoms with van der Waals surface area (Å²) in [6, 6.07) is 4.31. The molecule has 0 aliphatic heterocycles. The van der Waals surface area contributed by atoms with Crippen LogP contribution in [-0.4, -0.2) is 30.4 Å². The Bertz CT molecular complexity index is 529. The Kier molecular flexibility index (Phi) is 5.80. The Labute approximate surface area is 120 Å². The summed E-state index contributed by atoms with van der Waals surface area (Å²) in [5, 5.41) is 9.32. The van der Waals surface area contributed by atoms with Gasteiger partial charge in [0.05, 0.1) is 11.5 Å². The molecule has 6 heteroatoms. The summed E-state index contributed by atoms with van der Waals surface area (Å²) in [6.07, 6.45) is 0.750. The van der Waals surface area contributed by atoms with E-state index >= 15 is 0 Å². The molecule has 0 radical (unpaired) electrons. The highest BCUT2D eigenvalue weighted by Crippen LogP contribution is 2.24.